The second-order valence-electron chi connectivity index (χ2n) is 6.42. The summed E-state index contributed by atoms with van der Waals surface area (Å²) in [5.41, 5.74) is 4.42. The average molecular weight is 389 g/mol. The number of rotatable bonds is 5. The quantitative estimate of drug-likeness (QED) is 0.513. The lowest BCUT2D eigenvalue weighted by Crippen LogP contribution is -2.03. The molecule has 0 radical (unpaired) electrons. The normalized spacial score (nSPS) is 14.4. The number of esters is 1. The molecule has 29 heavy (non-hydrogen) atoms. The predicted octanol–water partition coefficient (Wildman–Crippen LogP) is 3.64. The Hall–Kier alpha value is -3.87. The van der Waals surface area contributed by atoms with Crippen molar-refractivity contribution in [3.63, 3.8) is 0 Å². The van der Waals surface area contributed by atoms with Gasteiger partial charge in [-0.2, -0.15) is 5.10 Å². The van der Waals surface area contributed by atoms with Gasteiger partial charge in [-0.3, -0.25) is 9.89 Å². The van der Waals surface area contributed by atoms with Gasteiger partial charge in [-0.1, -0.05) is 6.07 Å². The van der Waals surface area contributed by atoms with E-state index in [4.69, 9.17) is 9.47 Å². The van der Waals surface area contributed by atoms with E-state index in [2.05, 4.69) is 15.5 Å². The van der Waals surface area contributed by atoms with Crippen LogP contribution in [0.15, 0.2) is 42.5 Å². The van der Waals surface area contributed by atoms with Gasteiger partial charge in [0.15, 0.2) is 0 Å². The van der Waals surface area contributed by atoms with Gasteiger partial charge in [0.1, 0.15) is 5.75 Å². The number of hydrogen-bond donors (Lipinski definition) is 2. The monoisotopic (exact) mass is 389 g/mol. The van der Waals surface area contributed by atoms with Crippen LogP contribution in [0.3, 0.4) is 0 Å². The molecule has 2 heterocycles. The number of hydrogen-bond acceptors (Lipinski definition) is 5. The first-order valence-corrected chi connectivity index (χ1v) is 9.13. The molecule has 3 aromatic rings. The molecule has 0 saturated heterocycles. The summed E-state index contributed by atoms with van der Waals surface area (Å²) >= 11 is 0. The summed E-state index contributed by atoms with van der Waals surface area (Å²) in [4.78, 5) is 23.9. The van der Waals surface area contributed by atoms with Crippen molar-refractivity contribution in [2.45, 2.75) is 6.92 Å². The number of nitrogens with zero attached hydrogens (tertiary/aromatic N) is 1. The van der Waals surface area contributed by atoms with Crippen molar-refractivity contribution in [1.82, 2.24) is 10.2 Å². The fourth-order valence-electron chi connectivity index (χ4n) is 3.22. The summed E-state index contributed by atoms with van der Waals surface area (Å²) in [6.07, 6.45) is 4.79. The Morgan fingerprint density at radius 1 is 1.21 bits per heavy atom. The largest absolute Gasteiger partial charge is 0.497 e. The molecule has 1 amide bonds. The predicted molar refractivity (Wildman–Crippen MR) is 111 cm³/mol. The Kier molecular flexibility index (Phi) is 4.87. The van der Waals surface area contributed by atoms with Gasteiger partial charge in [-0.25, -0.2) is 4.79 Å². The third-order valence-electron chi connectivity index (χ3n) is 4.60. The van der Waals surface area contributed by atoms with E-state index in [1.54, 1.807) is 20.1 Å². The third-order valence-corrected chi connectivity index (χ3v) is 4.60. The van der Waals surface area contributed by atoms with Crippen LogP contribution in [0.5, 0.6) is 5.75 Å². The lowest BCUT2D eigenvalue weighted by atomic mass is 10.0. The number of methoxy groups -OCH3 is 1. The maximum Gasteiger partial charge on any atom is 0.330 e. The molecule has 0 saturated carbocycles. The fourth-order valence-corrected chi connectivity index (χ4v) is 3.22. The summed E-state index contributed by atoms with van der Waals surface area (Å²) in [5, 5.41) is 10.9. The van der Waals surface area contributed by atoms with Gasteiger partial charge in [0.25, 0.3) is 5.91 Å². The van der Waals surface area contributed by atoms with Crippen molar-refractivity contribution < 1.29 is 19.1 Å². The van der Waals surface area contributed by atoms with Gasteiger partial charge < -0.3 is 14.8 Å². The van der Waals surface area contributed by atoms with Gasteiger partial charge in [0.2, 0.25) is 0 Å². The molecule has 7 heteroatoms. The average Bonchev–Trinajstić information content (AvgIpc) is 3.26. The van der Waals surface area contributed by atoms with Gasteiger partial charge in [-0.15, -0.1) is 0 Å². The number of nitrogens with one attached hydrogen (secondary N) is 2. The van der Waals surface area contributed by atoms with E-state index in [0.29, 0.717) is 23.6 Å². The van der Waals surface area contributed by atoms with Crippen molar-refractivity contribution in [2.24, 2.45) is 0 Å². The Labute approximate surface area is 167 Å². The summed E-state index contributed by atoms with van der Waals surface area (Å²) in [7, 11) is 1.59. The van der Waals surface area contributed by atoms with Crippen LogP contribution in [0, 0.1) is 0 Å². The lowest BCUT2D eigenvalue weighted by Gasteiger charge is -2.03. The highest BCUT2D eigenvalue weighted by Gasteiger charge is 2.24. The highest BCUT2D eigenvalue weighted by Crippen LogP contribution is 2.36. The Bertz CT molecular complexity index is 1170. The van der Waals surface area contributed by atoms with E-state index in [9.17, 15) is 9.59 Å². The van der Waals surface area contributed by atoms with Crippen LogP contribution in [0.1, 0.15) is 23.7 Å². The van der Waals surface area contributed by atoms with Crippen LogP contribution in [0.2, 0.25) is 0 Å². The zero-order valence-electron chi connectivity index (χ0n) is 16.0. The number of carbonyl (C=O) groups excluding carboxylic acids is 2. The summed E-state index contributed by atoms with van der Waals surface area (Å²) in [6.45, 7) is 2.08. The highest BCUT2D eigenvalue weighted by molar-refractivity contribution is 6.35. The number of fused-ring (bicyclic) bond motifs is 2. The molecule has 1 aliphatic heterocycles. The molecule has 0 bridgehead atoms. The van der Waals surface area contributed by atoms with Gasteiger partial charge in [0.05, 0.1) is 24.9 Å². The van der Waals surface area contributed by atoms with Crippen molar-refractivity contribution in [2.75, 3.05) is 19.0 Å². The molecule has 4 rings (SSSR count). The molecular formula is C22H19N3O4. The fraction of sp³-hybridized carbons (Fsp3) is 0.136. The number of ether oxygens (including phenoxy) is 2. The van der Waals surface area contributed by atoms with Crippen molar-refractivity contribution in [3.8, 4) is 5.75 Å². The number of carbonyl (C=O) groups is 2. The van der Waals surface area contributed by atoms with Crippen LogP contribution >= 0.6 is 0 Å². The summed E-state index contributed by atoms with van der Waals surface area (Å²) in [5.74, 6) is 0.121. The first-order chi connectivity index (χ1) is 14.1. The second kappa shape index (κ2) is 7.63. The molecule has 1 aliphatic rings. The molecule has 2 aromatic carbocycles. The van der Waals surface area contributed by atoms with E-state index in [-0.39, 0.29) is 5.91 Å². The summed E-state index contributed by atoms with van der Waals surface area (Å²) in [6, 6.07) is 11.2. The van der Waals surface area contributed by atoms with Gasteiger partial charge in [0, 0.05) is 28.3 Å². The molecule has 0 aliphatic carbocycles. The minimum atomic E-state index is -0.411. The molecular weight excluding hydrogens is 370 g/mol. The van der Waals surface area contributed by atoms with E-state index in [0.717, 1.165) is 27.7 Å². The molecule has 0 unspecified atom stereocenters. The van der Waals surface area contributed by atoms with E-state index < -0.39 is 5.97 Å². The number of benzene rings is 2. The van der Waals surface area contributed by atoms with Crippen LogP contribution in [-0.2, 0) is 14.3 Å². The Morgan fingerprint density at radius 3 is 2.86 bits per heavy atom. The van der Waals surface area contributed by atoms with E-state index in [1.165, 1.54) is 6.08 Å². The minimum Gasteiger partial charge on any atom is -0.497 e. The minimum absolute atomic E-state index is 0.156. The molecule has 7 nitrogen and oxygen atoms in total. The third kappa shape index (κ3) is 3.62. The molecule has 1 aromatic heterocycles. The zero-order chi connectivity index (χ0) is 20.4. The van der Waals surface area contributed by atoms with Crippen molar-refractivity contribution >= 4 is 46.2 Å². The molecule has 0 fully saturated rings. The number of aromatic nitrogens is 2. The van der Waals surface area contributed by atoms with Gasteiger partial charge >= 0.3 is 5.97 Å². The molecule has 0 spiro atoms. The van der Waals surface area contributed by atoms with Gasteiger partial charge in [-0.05, 0) is 55.0 Å². The maximum absolute atomic E-state index is 12.4. The smallest absolute Gasteiger partial charge is 0.330 e. The first-order valence-electron chi connectivity index (χ1n) is 9.13. The Balaban J connectivity index is 1.66. The molecule has 2 N–H and O–H groups in total. The Morgan fingerprint density at radius 2 is 2.07 bits per heavy atom. The van der Waals surface area contributed by atoms with Crippen LogP contribution < -0.4 is 10.1 Å². The SMILES string of the molecule is CCOC(=O)/C=C/c1n[nH]c2cc(/C=C3/C(=O)Nc4ccc(OC)cc43)ccc12. The summed E-state index contributed by atoms with van der Waals surface area (Å²) < 4.78 is 10.2. The van der Waals surface area contributed by atoms with E-state index >= 15 is 0 Å². The first kappa shape index (κ1) is 18.5. The van der Waals surface area contributed by atoms with Crippen molar-refractivity contribution in [1.29, 1.82) is 0 Å². The second-order valence-corrected chi connectivity index (χ2v) is 6.42. The van der Waals surface area contributed by atoms with Crippen molar-refractivity contribution in [3.05, 3.63) is 59.3 Å². The van der Waals surface area contributed by atoms with Crippen LogP contribution in [-0.4, -0.2) is 35.8 Å². The number of aromatic amines is 1. The number of anilines is 1. The molecule has 146 valence electrons. The number of amides is 1. The van der Waals surface area contributed by atoms with E-state index in [1.807, 2.05) is 42.5 Å². The number of H-pyrrole nitrogens is 1. The zero-order valence-corrected chi connectivity index (χ0v) is 16.0. The highest BCUT2D eigenvalue weighted by atomic mass is 16.5. The van der Waals surface area contributed by atoms with Crippen LogP contribution in [0.25, 0.3) is 28.6 Å². The standard InChI is InChI=1S/C22H19N3O4/c1-3-29-21(26)9-8-19-15-6-4-13(11-20(15)25-24-19)10-17-16-12-14(28-2)5-7-18(16)23-22(17)27/h4-12H,3H2,1-2H3,(H,23,27)(H,24,25)/b9-8+,17-10+. The molecule has 0 atom stereocenters. The van der Waals surface area contributed by atoms with Crippen LogP contribution in [0.4, 0.5) is 5.69 Å². The topological polar surface area (TPSA) is 93.3 Å². The lowest BCUT2D eigenvalue weighted by molar-refractivity contribution is -0.137. The maximum atomic E-state index is 12.4.